The van der Waals surface area contributed by atoms with Gasteiger partial charge in [0.2, 0.25) is 5.91 Å². The second-order valence-electron chi connectivity index (χ2n) is 4.30. The zero-order valence-corrected chi connectivity index (χ0v) is 14.8. The zero-order chi connectivity index (χ0) is 15.7. The molecule has 0 bridgehead atoms. The Kier molecular flexibility index (Phi) is 8.70. The van der Waals surface area contributed by atoms with Crippen molar-refractivity contribution < 1.29 is 9.59 Å². The summed E-state index contributed by atoms with van der Waals surface area (Å²) in [5.41, 5.74) is 0. The van der Waals surface area contributed by atoms with Gasteiger partial charge in [-0.2, -0.15) is 0 Å². The number of carbonyl (C=O) groups excluding carboxylic acids is 2. The summed E-state index contributed by atoms with van der Waals surface area (Å²) in [7, 11) is 0. The molecule has 9 heteroatoms. The fourth-order valence-corrected chi connectivity index (χ4v) is 3.90. The van der Waals surface area contributed by atoms with E-state index < -0.39 is 6.03 Å². The van der Waals surface area contributed by atoms with Gasteiger partial charge >= 0.3 is 6.03 Å². The van der Waals surface area contributed by atoms with Crippen molar-refractivity contribution in [1.29, 1.82) is 0 Å². The van der Waals surface area contributed by atoms with Crippen molar-refractivity contribution in [3.05, 3.63) is 0 Å². The summed E-state index contributed by atoms with van der Waals surface area (Å²) in [6.45, 7) is 5.96. The third-order valence-corrected chi connectivity index (χ3v) is 5.78. The Morgan fingerprint density at radius 3 is 2.52 bits per heavy atom. The highest BCUT2D eigenvalue weighted by molar-refractivity contribution is 8.03. The number of urea groups is 1. The lowest BCUT2D eigenvalue weighted by molar-refractivity contribution is -0.117. The number of carbonyl (C=O) groups is 2. The number of aromatic nitrogens is 2. The Morgan fingerprint density at radius 1 is 1.24 bits per heavy atom. The van der Waals surface area contributed by atoms with E-state index in [0.717, 1.165) is 27.3 Å². The van der Waals surface area contributed by atoms with E-state index in [1.165, 1.54) is 23.1 Å². The Balaban J connectivity index is 2.29. The number of imide groups is 1. The highest BCUT2D eigenvalue weighted by Gasteiger charge is 2.12. The quantitative estimate of drug-likeness (QED) is 0.703. The molecule has 2 N–H and O–H groups in total. The second kappa shape index (κ2) is 10.0. The van der Waals surface area contributed by atoms with Gasteiger partial charge in [0.1, 0.15) is 0 Å². The smallest absolute Gasteiger partial charge is 0.321 e. The molecule has 0 aliphatic rings. The first kappa shape index (κ1) is 18.2. The SMILES string of the molecule is CCCSc1nnc(SCC(=O)NC(=O)N[C@H](C)CC)s1. The zero-order valence-electron chi connectivity index (χ0n) is 12.3. The predicted octanol–water partition coefficient (Wildman–Crippen LogP) is 2.76. The fraction of sp³-hybridized carbons (Fsp3) is 0.667. The van der Waals surface area contributed by atoms with Gasteiger partial charge in [-0.3, -0.25) is 10.1 Å². The molecule has 0 saturated carbocycles. The summed E-state index contributed by atoms with van der Waals surface area (Å²) in [6, 6.07) is -0.404. The Hall–Kier alpha value is -0.800. The van der Waals surface area contributed by atoms with Crippen LogP contribution in [0.2, 0.25) is 0 Å². The largest absolute Gasteiger partial charge is 0.335 e. The van der Waals surface area contributed by atoms with Gasteiger partial charge in [-0.15, -0.1) is 10.2 Å². The maximum Gasteiger partial charge on any atom is 0.321 e. The molecule has 21 heavy (non-hydrogen) atoms. The van der Waals surface area contributed by atoms with Gasteiger partial charge in [0.25, 0.3) is 0 Å². The van der Waals surface area contributed by atoms with Crippen molar-refractivity contribution in [3.63, 3.8) is 0 Å². The third kappa shape index (κ3) is 7.68. The first-order valence-corrected chi connectivity index (χ1v) is 9.53. The van der Waals surface area contributed by atoms with Crippen molar-refractivity contribution in [1.82, 2.24) is 20.8 Å². The lowest BCUT2D eigenvalue weighted by Crippen LogP contribution is -2.43. The van der Waals surface area contributed by atoms with Crippen molar-refractivity contribution in [2.75, 3.05) is 11.5 Å². The maximum atomic E-state index is 11.6. The van der Waals surface area contributed by atoms with E-state index in [9.17, 15) is 9.59 Å². The molecular formula is C12H20N4O2S3. The molecule has 1 aromatic rings. The van der Waals surface area contributed by atoms with E-state index in [0.29, 0.717) is 0 Å². The number of thioether (sulfide) groups is 2. The predicted molar refractivity (Wildman–Crippen MR) is 88.1 cm³/mol. The monoisotopic (exact) mass is 348 g/mol. The lowest BCUT2D eigenvalue weighted by Gasteiger charge is -2.11. The van der Waals surface area contributed by atoms with E-state index in [-0.39, 0.29) is 17.7 Å². The molecule has 0 fully saturated rings. The highest BCUT2D eigenvalue weighted by atomic mass is 32.2. The highest BCUT2D eigenvalue weighted by Crippen LogP contribution is 2.28. The topological polar surface area (TPSA) is 84.0 Å². The molecule has 0 aliphatic heterocycles. The van der Waals surface area contributed by atoms with Gasteiger partial charge in [-0.1, -0.05) is 48.7 Å². The van der Waals surface area contributed by atoms with Crippen LogP contribution in [-0.4, -0.2) is 39.7 Å². The molecule has 118 valence electrons. The summed E-state index contributed by atoms with van der Waals surface area (Å²) < 4.78 is 1.65. The Bertz CT molecular complexity index is 467. The lowest BCUT2D eigenvalue weighted by atomic mass is 10.3. The van der Waals surface area contributed by atoms with Gasteiger partial charge in [0.05, 0.1) is 5.75 Å². The summed E-state index contributed by atoms with van der Waals surface area (Å²) in [6.07, 6.45) is 1.90. The molecule has 6 nitrogen and oxygen atoms in total. The average Bonchev–Trinajstić information content (AvgIpc) is 2.90. The van der Waals surface area contributed by atoms with E-state index >= 15 is 0 Å². The van der Waals surface area contributed by atoms with Crippen molar-refractivity contribution in [3.8, 4) is 0 Å². The van der Waals surface area contributed by atoms with E-state index in [1.807, 2.05) is 13.8 Å². The molecule has 1 aromatic heterocycles. The van der Waals surface area contributed by atoms with Crippen LogP contribution in [-0.2, 0) is 4.79 Å². The van der Waals surface area contributed by atoms with E-state index in [2.05, 4.69) is 27.8 Å². The molecule has 0 radical (unpaired) electrons. The molecule has 3 amide bonds. The number of rotatable bonds is 8. The minimum atomic E-state index is -0.452. The first-order valence-electron chi connectivity index (χ1n) is 6.74. The van der Waals surface area contributed by atoms with Crippen LogP contribution in [0.4, 0.5) is 4.79 Å². The molecule has 0 saturated heterocycles. The minimum absolute atomic E-state index is 0.0479. The van der Waals surface area contributed by atoms with Gasteiger partial charge in [0, 0.05) is 11.8 Å². The summed E-state index contributed by atoms with van der Waals surface area (Å²) in [5, 5.41) is 13.0. The number of nitrogens with zero attached hydrogens (tertiary/aromatic N) is 2. The maximum absolute atomic E-state index is 11.6. The molecule has 1 atom stereocenters. The summed E-state index contributed by atoms with van der Waals surface area (Å²) >= 11 is 4.42. The number of hydrogen-bond donors (Lipinski definition) is 2. The number of hydrogen-bond acceptors (Lipinski definition) is 7. The van der Waals surface area contributed by atoms with Gasteiger partial charge in [0.15, 0.2) is 8.68 Å². The summed E-state index contributed by atoms with van der Waals surface area (Å²) in [4.78, 5) is 23.1. The van der Waals surface area contributed by atoms with Gasteiger partial charge in [-0.25, -0.2) is 4.79 Å². The third-order valence-electron chi connectivity index (χ3n) is 2.39. The van der Waals surface area contributed by atoms with Gasteiger partial charge < -0.3 is 5.32 Å². The minimum Gasteiger partial charge on any atom is -0.335 e. The van der Waals surface area contributed by atoms with E-state index in [4.69, 9.17) is 0 Å². The van der Waals surface area contributed by atoms with Crippen LogP contribution in [0.3, 0.4) is 0 Å². The van der Waals surface area contributed by atoms with Crippen LogP contribution in [0.5, 0.6) is 0 Å². The summed E-state index contributed by atoms with van der Waals surface area (Å²) in [5.74, 6) is 0.829. The van der Waals surface area contributed by atoms with Gasteiger partial charge in [-0.05, 0) is 19.8 Å². The molecule has 0 unspecified atom stereocenters. The van der Waals surface area contributed by atoms with Crippen LogP contribution in [0.25, 0.3) is 0 Å². The molecular weight excluding hydrogens is 328 g/mol. The molecule has 0 aliphatic carbocycles. The molecule has 0 spiro atoms. The van der Waals surface area contributed by atoms with Crippen molar-refractivity contribution >= 4 is 46.8 Å². The number of amides is 3. The fourth-order valence-electron chi connectivity index (χ4n) is 1.16. The van der Waals surface area contributed by atoms with Crippen LogP contribution in [0.1, 0.15) is 33.6 Å². The van der Waals surface area contributed by atoms with Crippen molar-refractivity contribution in [2.24, 2.45) is 0 Å². The van der Waals surface area contributed by atoms with Crippen LogP contribution in [0.15, 0.2) is 8.68 Å². The number of nitrogens with one attached hydrogen (secondary N) is 2. The van der Waals surface area contributed by atoms with Crippen LogP contribution < -0.4 is 10.6 Å². The Labute approximate surface area is 137 Å². The normalized spacial score (nSPS) is 12.0. The Morgan fingerprint density at radius 2 is 1.90 bits per heavy atom. The molecule has 1 rings (SSSR count). The van der Waals surface area contributed by atoms with Crippen molar-refractivity contribution in [2.45, 2.75) is 48.3 Å². The molecule has 1 heterocycles. The average molecular weight is 349 g/mol. The molecule has 0 aromatic carbocycles. The second-order valence-corrected chi connectivity index (χ2v) is 7.84. The van der Waals surface area contributed by atoms with E-state index in [1.54, 1.807) is 11.8 Å². The van der Waals surface area contributed by atoms with Crippen LogP contribution in [0, 0.1) is 0 Å². The first-order chi connectivity index (χ1) is 10.0. The standard InChI is InChI=1S/C12H20N4O2S3/c1-4-6-19-11-15-16-12(21-11)20-7-9(17)14-10(18)13-8(3)5-2/h8H,4-7H2,1-3H3,(H2,13,14,17,18)/t8-/m1/s1. The van der Waals surface area contributed by atoms with Crippen LogP contribution >= 0.6 is 34.9 Å².